The van der Waals surface area contributed by atoms with Crippen LogP contribution in [0.15, 0.2) is 18.5 Å². The second kappa shape index (κ2) is 4.91. The Labute approximate surface area is 124 Å². The van der Waals surface area contributed by atoms with Gasteiger partial charge >= 0.3 is 6.18 Å². The number of carbonyl (C=O) groups excluding carboxylic acids is 1. The number of alkyl halides is 3. The van der Waals surface area contributed by atoms with Gasteiger partial charge in [-0.15, -0.1) is 0 Å². The molecule has 0 aliphatic carbocycles. The molecule has 3 heterocycles. The van der Waals surface area contributed by atoms with Gasteiger partial charge in [0, 0.05) is 19.3 Å². The van der Waals surface area contributed by atoms with Gasteiger partial charge in [0.25, 0.3) is 0 Å². The molecule has 0 radical (unpaired) electrons. The van der Waals surface area contributed by atoms with E-state index in [0.717, 1.165) is 6.20 Å². The first-order valence-electron chi connectivity index (χ1n) is 6.95. The van der Waals surface area contributed by atoms with E-state index in [9.17, 15) is 22.4 Å². The van der Waals surface area contributed by atoms with Gasteiger partial charge in [-0.1, -0.05) is 0 Å². The van der Waals surface area contributed by atoms with Crippen LogP contribution < -0.4 is 0 Å². The Balaban J connectivity index is 1.87. The van der Waals surface area contributed by atoms with Crippen LogP contribution >= 0.6 is 0 Å². The number of hydrogen-bond acceptors (Lipinski definition) is 3. The molecule has 0 N–H and O–H groups in total. The molecule has 1 amide bonds. The van der Waals surface area contributed by atoms with E-state index in [-0.39, 0.29) is 6.54 Å². The lowest BCUT2D eigenvalue weighted by atomic mass is 9.85. The zero-order valence-electron chi connectivity index (χ0n) is 11.9. The molecule has 8 heteroatoms. The topological polar surface area (TPSA) is 36.4 Å². The van der Waals surface area contributed by atoms with Crippen molar-refractivity contribution in [3.05, 3.63) is 29.8 Å². The van der Waals surface area contributed by atoms with E-state index in [0.29, 0.717) is 18.5 Å². The summed E-state index contributed by atoms with van der Waals surface area (Å²) in [6, 6.07) is 0.819. The molecule has 0 spiro atoms. The molecule has 2 aliphatic rings. The molecule has 1 aromatic rings. The summed E-state index contributed by atoms with van der Waals surface area (Å²) in [6.07, 6.45) is -2.50. The summed E-state index contributed by atoms with van der Waals surface area (Å²) in [5.74, 6) is -1.09. The van der Waals surface area contributed by atoms with Crippen molar-refractivity contribution in [3.63, 3.8) is 0 Å². The summed E-state index contributed by atoms with van der Waals surface area (Å²) in [7, 11) is 0. The maximum atomic E-state index is 13.3. The number of amides is 1. The third-order valence-electron chi connectivity index (χ3n) is 4.22. The molecular weight excluding hydrogens is 302 g/mol. The number of halogens is 4. The van der Waals surface area contributed by atoms with Gasteiger partial charge in [0.15, 0.2) is 0 Å². The first-order chi connectivity index (χ1) is 10.2. The van der Waals surface area contributed by atoms with Gasteiger partial charge in [-0.05, 0) is 25.0 Å². The number of hydrogen-bond donors (Lipinski definition) is 0. The first kappa shape index (κ1) is 15.2. The second-order valence-electron chi connectivity index (χ2n) is 6.13. The smallest absolute Gasteiger partial charge is 0.273 e. The summed E-state index contributed by atoms with van der Waals surface area (Å²) < 4.78 is 51.5. The predicted molar refractivity (Wildman–Crippen MR) is 68.8 cm³/mol. The minimum atomic E-state index is -4.40. The molecule has 0 bridgehead atoms. The highest BCUT2D eigenvalue weighted by atomic mass is 19.4. The zero-order valence-corrected chi connectivity index (χ0v) is 11.9. The Morgan fingerprint density at radius 3 is 2.77 bits per heavy atom. The minimum Gasteiger partial charge on any atom is -0.273 e. The van der Waals surface area contributed by atoms with Crippen LogP contribution in [0.5, 0.6) is 0 Å². The SMILES string of the molecule is CC1(CC(F)(F)F)CN2CCC(c3cncc(F)c3)N2C1=O. The van der Waals surface area contributed by atoms with Crippen LogP contribution in [0.2, 0.25) is 0 Å². The Kier molecular flexibility index (Phi) is 3.39. The average molecular weight is 317 g/mol. The zero-order chi connectivity index (χ0) is 16.1. The molecule has 2 atom stereocenters. The molecule has 1 aromatic heterocycles. The molecule has 3 rings (SSSR count). The Morgan fingerprint density at radius 2 is 2.14 bits per heavy atom. The van der Waals surface area contributed by atoms with Crippen LogP contribution in [0.4, 0.5) is 17.6 Å². The number of carbonyl (C=O) groups is 1. The van der Waals surface area contributed by atoms with E-state index < -0.39 is 35.8 Å². The summed E-state index contributed by atoms with van der Waals surface area (Å²) in [4.78, 5) is 16.3. The van der Waals surface area contributed by atoms with Crippen molar-refractivity contribution in [1.29, 1.82) is 0 Å². The molecule has 2 fully saturated rings. The molecule has 0 saturated carbocycles. The van der Waals surface area contributed by atoms with Crippen molar-refractivity contribution in [2.45, 2.75) is 32.0 Å². The largest absolute Gasteiger partial charge is 0.390 e. The standard InChI is InChI=1S/C14H15F4N3O/c1-13(7-14(16,17)18)8-20-3-2-11(21(20)12(13)22)9-4-10(15)6-19-5-9/h4-6,11H,2-3,7-8H2,1H3. The van der Waals surface area contributed by atoms with Crippen molar-refractivity contribution >= 4 is 5.91 Å². The summed E-state index contributed by atoms with van der Waals surface area (Å²) in [6.45, 7) is 1.84. The highest BCUT2D eigenvalue weighted by Gasteiger charge is 2.56. The summed E-state index contributed by atoms with van der Waals surface area (Å²) in [5, 5.41) is 2.98. The summed E-state index contributed by atoms with van der Waals surface area (Å²) in [5.41, 5.74) is -0.982. The monoisotopic (exact) mass is 317 g/mol. The lowest BCUT2D eigenvalue weighted by Crippen LogP contribution is -2.38. The Bertz CT molecular complexity index is 606. The highest BCUT2D eigenvalue weighted by molar-refractivity contribution is 5.85. The third kappa shape index (κ3) is 2.55. The van der Waals surface area contributed by atoms with Gasteiger partial charge in [-0.2, -0.15) is 13.2 Å². The molecule has 120 valence electrons. The van der Waals surface area contributed by atoms with Crippen LogP contribution in [0.25, 0.3) is 0 Å². The van der Waals surface area contributed by atoms with Crippen molar-refractivity contribution < 1.29 is 22.4 Å². The van der Waals surface area contributed by atoms with Gasteiger partial charge in [0.05, 0.1) is 24.1 Å². The van der Waals surface area contributed by atoms with Crippen molar-refractivity contribution in [3.8, 4) is 0 Å². The predicted octanol–water partition coefficient (Wildman–Crippen LogP) is 2.68. The van der Waals surface area contributed by atoms with E-state index in [4.69, 9.17) is 0 Å². The van der Waals surface area contributed by atoms with Crippen LogP contribution in [0.1, 0.15) is 31.4 Å². The van der Waals surface area contributed by atoms with Gasteiger partial charge in [0.1, 0.15) is 5.82 Å². The van der Waals surface area contributed by atoms with E-state index in [1.54, 1.807) is 5.01 Å². The fourth-order valence-corrected chi connectivity index (χ4v) is 3.36. The highest BCUT2D eigenvalue weighted by Crippen LogP contribution is 2.46. The fourth-order valence-electron chi connectivity index (χ4n) is 3.36. The lowest BCUT2D eigenvalue weighted by molar-refractivity contribution is -0.166. The molecule has 0 aromatic carbocycles. The van der Waals surface area contributed by atoms with Crippen molar-refractivity contribution in [1.82, 2.24) is 15.0 Å². The quantitative estimate of drug-likeness (QED) is 0.787. The molecule has 22 heavy (non-hydrogen) atoms. The first-order valence-corrected chi connectivity index (χ1v) is 6.95. The number of fused-ring (bicyclic) bond motifs is 1. The normalized spacial score (nSPS) is 29.2. The van der Waals surface area contributed by atoms with Crippen LogP contribution in [-0.2, 0) is 4.79 Å². The Hall–Kier alpha value is -1.70. The molecule has 2 aliphatic heterocycles. The summed E-state index contributed by atoms with van der Waals surface area (Å²) >= 11 is 0. The maximum Gasteiger partial charge on any atom is 0.390 e. The number of nitrogens with zero attached hydrogens (tertiary/aromatic N) is 3. The Morgan fingerprint density at radius 1 is 1.41 bits per heavy atom. The number of rotatable bonds is 2. The van der Waals surface area contributed by atoms with Crippen LogP contribution in [0, 0.1) is 11.2 Å². The van der Waals surface area contributed by atoms with Crippen molar-refractivity contribution in [2.24, 2.45) is 5.41 Å². The van der Waals surface area contributed by atoms with E-state index >= 15 is 0 Å². The fraction of sp³-hybridized carbons (Fsp3) is 0.571. The molecule has 4 nitrogen and oxygen atoms in total. The van der Waals surface area contributed by atoms with Gasteiger partial charge < -0.3 is 0 Å². The van der Waals surface area contributed by atoms with Crippen LogP contribution in [-0.4, -0.2) is 40.2 Å². The molecule has 2 unspecified atom stereocenters. The van der Waals surface area contributed by atoms with Crippen LogP contribution in [0.3, 0.4) is 0 Å². The van der Waals surface area contributed by atoms with E-state index in [2.05, 4.69) is 4.98 Å². The number of aromatic nitrogens is 1. The van der Waals surface area contributed by atoms with Gasteiger partial charge in [-0.3, -0.25) is 14.8 Å². The maximum absolute atomic E-state index is 13.3. The second-order valence-corrected chi connectivity index (χ2v) is 6.13. The van der Waals surface area contributed by atoms with Crippen molar-refractivity contribution in [2.75, 3.05) is 13.1 Å². The number of hydrazine groups is 1. The number of pyridine rings is 1. The lowest BCUT2D eigenvalue weighted by Gasteiger charge is -2.27. The van der Waals surface area contributed by atoms with E-state index in [1.807, 2.05) is 0 Å². The average Bonchev–Trinajstić information content (AvgIpc) is 2.87. The molecule has 2 saturated heterocycles. The van der Waals surface area contributed by atoms with Gasteiger partial charge in [0.2, 0.25) is 5.91 Å². The van der Waals surface area contributed by atoms with E-state index in [1.165, 1.54) is 24.2 Å². The minimum absolute atomic E-state index is 0.0323. The van der Waals surface area contributed by atoms with Gasteiger partial charge in [-0.25, -0.2) is 9.40 Å². The third-order valence-corrected chi connectivity index (χ3v) is 4.22. The molecular formula is C14H15F4N3O.